The predicted octanol–water partition coefficient (Wildman–Crippen LogP) is 3.75. The number of para-hydroxylation sites is 1. The van der Waals surface area contributed by atoms with Gasteiger partial charge in [0.2, 0.25) is 0 Å². The van der Waals surface area contributed by atoms with E-state index in [0.29, 0.717) is 11.3 Å². The van der Waals surface area contributed by atoms with Gasteiger partial charge in [0.25, 0.3) is 0 Å². The molecule has 0 aliphatic heterocycles. The van der Waals surface area contributed by atoms with Crippen LogP contribution in [0.1, 0.15) is 24.2 Å². The Morgan fingerprint density at radius 2 is 1.38 bits per heavy atom. The number of carbonyl (C=O) groups excluding carboxylic acids is 2. The van der Waals surface area contributed by atoms with Crippen LogP contribution in [0, 0.1) is 11.8 Å². The molecule has 0 amide bonds. The molecular formula is C18H18O3. The van der Waals surface area contributed by atoms with E-state index in [1.165, 1.54) is 0 Å². The van der Waals surface area contributed by atoms with Gasteiger partial charge in [0, 0.05) is 5.56 Å². The Balaban J connectivity index is 2.19. The molecule has 2 aromatic carbocycles. The zero-order chi connectivity index (χ0) is 15.2. The quantitative estimate of drug-likeness (QED) is 0.363. The van der Waals surface area contributed by atoms with E-state index in [-0.39, 0.29) is 11.7 Å². The highest BCUT2D eigenvalue weighted by atomic mass is 16.5. The summed E-state index contributed by atoms with van der Waals surface area (Å²) in [4.78, 5) is 24.8. The van der Waals surface area contributed by atoms with Crippen molar-refractivity contribution in [2.24, 2.45) is 11.8 Å². The normalized spacial score (nSPS) is 12.0. The number of ether oxygens (including phenoxy) is 1. The molecular weight excluding hydrogens is 264 g/mol. The Labute approximate surface area is 124 Å². The minimum Gasteiger partial charge on any atom is -0.426 e. The summed E-state index contributed by atoms with van der Waals surface area (Å²) >= 11 is 0. The number of hydrogen-bond donors (Lipinski definition) is 0. The minimum atomic E-state index is -0.799. The zero-order valence-electron chi connectivity index (χ0n) is 12.2. The number of ketones is 1. The lowest BCUT2D eigenvalue weighted by molar-refractivity contribution is -0.138. The second-order valence-electron chi connectivity index (χ2n) is 5.19. The van der Waals surface area contributed by atoms with Crippen molar-refractivity contribution in [2.75, 3.05) is 0 Å². The molecule has 1 atom stereocenters. The molecule has 0 aliphatic carbocycles. The monoisotopic (exact) mass is 282 g/mol. The van der Waals surface area contributed by atoms with Crippen LogP contribution >= 0.6 is 0 Å². The zero-order valence-corrected chi connectivity index (χ0v) is 12.2. The van der Waals surface area contributed by atoms with Crippen molar-refractivity contribution < 1.29 is 14.3 Å². The molecule has 3 nitrogen and oxygen atoms in total. The van der Waals surface area contributed by atoms with Crippen LogP contribution in [0.3, 0.4) is 0 Å². The average molecular weight is 282 g/mol. The van der Waals surface area contributed by atoms with Gasteiger partial charge in [-0.25, -0.2) is 0 Å². The molecule has 0 fully saturated rings. The van der Waals surface area contributed by atoms with E-state index in [1.54, 1.807) is 48.5 Å². The fourth-order valence-electron chi connectivity index (χ4n) is 2.13. The maximum absolute atomic E-state index is 12.5. The first-order valence-electron chi connectivity index (χ1n) is 6.95. The summed E-state index contributed by atoms with van der Waals surface area (Å²) in [6.07, 6.45) is 0. The minimum absolute atomic E-state index is 0.131. The molecule has 1 unspecified atom stereocenters. The van der Waals surface area contributed by atoms with Gasteiger partial charge in [0.15, 0.2) is 5.78 Å². The third kappa shape index (κ3) is 3.78. The van der Waals surface area contributed by atoms with E-state index < -0.39 is 11.9 Å². The van der Waals surface area contributed by atoms with Crippen LogP contribution in [0.4, 0.5) is 0 Å². The first kappa shape index (κ1) is 15.0. The maximum atomic E-state index is 12.5. The first-order chi connectivity index (χ1) is 10.1. The highest BCUT2D eigenvalue weighted by Gasteiger charge is 2.32. The van der Waals surface area contributed by atoms with Crippen LogP contribution in [-0.2, 0) is 4.79 Å². The van der Waals surface area contributed by atoms with Gasteiger partial charge in [-0.2, -0.15) is 0 Å². The van der Waals surface area contributed by atoms with Crippen LogP contribution in [0.25, 0.3) is 0 Å². The fourth-order valence-corrected chi connectivity index (χ4v) is 2.13. The molecule has 21 heavy (non-hydrogen) atoms. The summed E-state index contributed by atoms with van der Waals surface area (Å²) in [7, 11) is 0. The van der Waals surface area contributed by atoms with E-state index >= 15 is 0 Å². The summed E-state index contributed by atoms with van der Waals surface area (Å²) in [5.41, 5.74) is 0.529. The standard InChI is InChI=1S/C18H18O3/c1-13(2)16(17(19)14-9-5-3-6-10-14)18(20)21-15-11-7-4-8-12-15/h3-13,16H,1-2H3. The van der Waals surface area contributed by atoms with E-state index in [2.05, 4.69) is 0 Å². The van der Waals surface area contributed by atoms with Crippen LogP contribution in [-0.4, -0.2) is 11.8 Å². The largest absolute Gasteiger partial charge is 0.426 e. The number of Topliss-reactive ketones (excluding diaryl/α,β-unsaturated/α-hetero) is 1. The van der Waals surface area contributed by atoms with E-state index in [0.717, 1.165) is 0 Å². The van der Waals surface area contributed by atoms with Crippen molar-refractivity contribution in [3.63, 3.8) is 0 Å². The molecule has 0 bridgehead atoms. The van der Waals surface area contributed by atoms with E-state index in [4.69, 9.17) is 4.74 Å². The number of esters is 1. The molecule has 0 radical (unpaired) electrons. The lowest BCUT2D eigenvalue weighted by Crippen LogP contribution is -2.32. The number of hydrogen-bond acceptors (Lipinski definition) is 3. The van der Waals surface area contributed by atoms with Crippen LogP contribution in [0.2, 0.25) is 0 Å². The molecule has 0 saturated heterocycles. The highest BCUT2D eigenvalue weighted by Crippen LogP contribution is 2.21. The molecule has 0 saturated carbocycles. The van der Waals surface area contributed by atoms with Crippen molar-refractivity contribution in [2.45, 2.75) is 13.8 Å². The molecule has 2 aromatic rings. The van der Waals surface area contributed by atoms with Gasteiger partial charge in [0.1, 0.15) is 11.7 Å². The van der Waals surface area contributed by atoms with Gasteiger partial charge in [-0.3, -0.25) is 9.59 Å². The van der Waals surface area contributed by atoms with Gasteiger partial charge in [0.05, 0.1) is 0 Å². The van der Waals surface area contributed by atoms with Crippen LogP contribution in [0.15, 0.2) is 60.7 Å². The third-order valence-electron chi connectivity index (χ3n) is 3.22. The molecule has 0 spiro atoms. The second kappa shape index (κ2) is 6.84. The SMILES string of the molecule is CC(C)C(C(=O)Oc1ccccc1)C(=O)c1ccccc1. The first-order valence-corrected chi connectivity index (χ1v) is 6.95. The van der Waals surface area contributed by atoms with E-state index in [9.17, 15) is 9.59 Å². The Kier molecular flexibility index (Phi) is 4.88. The molecule has 3 heteroatoms. The Bertz CT molecular complexity index is 603. The average Bonchev–Trinajstić information content (AvgIpc) is 2.49. The maximum Gasteiger partial charge on any atom is 0.322 e. The van der Waals surface area contributed by atoms with Crippen molar-refractivity contribution in [3.8, 4) is 5.75 Å². The summed E-state index contributed by atoms with van der Waals surface area (Å²) in [5, 5.41) is 0. The highest BCUT2D eigenvalue weighted by molar-refractivity contribution is 6.09. The lowest BCUT2D eigenvalue weighted by atomic mass is 9.88. The third-order valence-corrected chi connectivity index (χ3v) is 3.22. The second-order valence-corrected chi connectivity index (χ2v) is 5.19. The Hall–Kier alpha value is -2.42. The van der Waals surface area contributed by atoms with Crippen LogP contribution in [0.5, 0.6) is 5.75 Å². The van der Waals surface area contributed by atoms with E-state index in [1.807, 2.05) is 26.0 Å². The summed E-state index contributed by atoms with van der Waals surface area (Å²) in [6.45, 7) is 3.69. The van der Waals surface area contributed by atoms with Crippen molar-refractivity contribution in [3.05, 3.63) is 66.2 Å². The Morgan fingerprint density at radius 3 is 1.90 bits per heavy atom. The van der Waals surface area contributed by atoms with Gasteiger partial charge >= 0.3 is 5.97 Å². The van der Waals surface area contributed by atoms with Gasteiger partial charge in [-0.05, 0) is 18.1 Å². The molecule has 0 aromatic heterocycles. The Morgan fingerprint density at radius 1 is 0.857 bits per heavy atom. The van der Waals surface area contributed by atoms with Crippen LogP contribution < -0.4 is 4.74 Å². The van der Waals surface area contributed by atoms with Crippen molar-refractivity contribution >= 4 is 11.8 Å². The van der Waals surface area contributed by atoms with Gasteiger partial charge in [-0.1, -0.05) is 62.4 Å². The molecule has 2 rings (SSSR count). The summed E-state index contributed by atoms with van der Waals surface area (Å²) < 4.78 is 5.32. The molecule has 0 heterocycles. The summed E-state index contributed by atoms with van der Waals surface area (Å²) in [6, 6.07) is 17.6. The van der Waals surface area contributed by atoms with Crippen molar-refractivity contribution in [1.29, 1.82) is 0 Å². The lowest BCUT2D eigenvalue weighted by Gasteiger charge is -2.18. The van der Waals surface area contributed by atoms with Gasteiger partial charge < -0.3 is 4.74 Å². The summed E-state index contributed by atoms with van der Waals surface area (Å²) in [5.74, 6) is -1.19. The van der Waals surface area contributed by atoms with Gasteiger partial charge in [-0.15, -0.1) is 0 Å². The predicted molar refractivity (Wildman–Crippen MR) is 81.2 cm³/mol. The molecule has 0 aliphatic rings. The smallest absolute Gasteiger partial charge is 0.322 e. The molecule has 108 valence electrons. The topological polar surface area (TPSA) is 43.4 Å². The molecule has 0 N–H and O–H groups in total. The number of carbonyl (C=O) groups is 2. The fraction of sp³-hybridized carbons (Fsp3) is 0.222. The number of rotatable bonds is 5. The van der Waals surface area contributed by atoms with Crippen molar-refractivity contribution in [1.82, 2.24) is 0 Å². The number of benzene rings is 2.